The molecule has 0 atom stereocenters. The van der Waals surface area contributed by atoms with Gasteiger partial charge < -0.3 is 10.5 Å². The molecule has 0 unspecified atom stereocenters. The summed E-state index contributed by atoms with van der Waals surface area (Å²) in [6, 6.07) is 6.47. The first-order valence-electron chi connectivity index (χ1n) is 6.80. The number of hydrogen-bond acceptors (Lipinski definition) is 2. The van der Waals surface area contributed by atoms with Gasteiger partial charge in [0.15, 0.2) is 0 Å². The van der Waals surface area contributed by atoms with Gasteiger partial charge in [-0.25, -0.2) is 0 Å². The van der Waals surface area contributed by atoms with Crippen molar-refractivity contribution in [1.82, 2.24) is 0 Å². The molecule has 102 valence electrons. The molecule has 2 heteroatoms. The Morgan fingerprint density at radius 3 is 2.44 bits per heavy atom. The standard InChI is InChI=1S/C16H27NO/c1-12(2)18-15-7-6-14(10-13(15)3)8-9-16(4,5)11-17/h6-7,10,12H,8-9,11,17H2,1-5H3. The second-order valence-electron chi connectivity index (χ2n) is 6.13. The summed E-state index contributed by atoms with van der Waals surface area (Å²) in [5, 5.41) is 0. The first-order chi connectivity index (χ1) is 8.34. The predicted molar refractivity (Wildman–Crippen MR) is 78.1 cm³/mol. The van der Waals surface area contributed by atoms with Crippen LogP contribution in [0.15, 0.2) is 18.2 Å². The fraction of sp³-hybridized carbons (Fsp3) is 0.625. The van der Waals surface area contributed by atoms with E-state index in [0.29, 0.717) is 0 Å². The van der Waals surface area contributed by atoms with Crippen molar-refractivity contribution in [2.24, 2.45) is 11.1 Å². The smallest absolute Gasteiger partial charge is 0.122 e. The molecule has 0 aromatic heterocycles. The molecule has 0 bridgehead atoms. The van der Waals surface area contributed by atoms with Crippen LogP contribution in [-0.2, 0) is 6.42 Å². The van der Waals surface area contributed by atoms with Crippen molar-refractivity contribution in [2.75, 3.05) is 6.54 Å². The van der Waals surface area contributed by atoms with Gasteiger partial charge in [-0.05, 0) is 62.8 Å². The van der Waals surface area contributed by atoms with Gasteiger partial charge in [-0.2, -0.15) is 0 Å². The van der Waals surface area contributed by atoms with Crippen LogP contribution in [0.25, 0.3) is 0 Å². The van der Waals surface area contributed by atoms with Gasteiger partial charge in [0.1, 0.15) is 5.75 Å². The van der Waals surface area contributed by atoms with Crippen LogP contribution >= 0.6 is 0 Å². The first-order valence-corrected chi connectivity index (χ1v) is 6.80. The Morgan fingerprint density at radius 1 is 1.28 bits per heavy atom. The van der Waals surface area contributed by atoms with E-state index in [1.54, 1.807) is 0 Å². The normalized spacial score (nSPS) is 11.9. The maximum Gasteiger partial charge on any atom is 0.122 e. The highest BCUT2D eigenvalue weighted by Crippen LogP contribution is 2.24. The number of aryl methyl sites for hydroxylation is 2. The molecule has 0 saturated heterocycles. The highest BCUT2D eigenvalue weighted by Gasteiger charge is 2.15. The second-order valence-corrected chi connectivity index (χ2v) is 6.13. The number of nitrogens with two attached hydrogens (primary N) is 1. The third-order valence-electron chi connectivity index (χ3n) is 3.25. The lowest BCUT2D eigenvalue weighted by Gasteiger charge is -2.22. The second kappa shape index (κ2) is 6.24. The molecule has 0 radical (unpaired) electrons. The van der Waals surface area contributed by atoms with E-state index in [-0.39, 0.29) is 11.5 Å². The summed E-state index contributed by atoms with van der Waals surface area (Å²) in [5.74, 6) is 0.992. The average molecular weight is 249 g/mol. The molecule has 0 aliphatic heterocycles. The summed E-state index contributed by atoms with van der Waals surface area (Å²) in [5.41, 5.74) is 8.56. The average Bonchev–Trinajstić information content (AvgIpc) is 2.29. The molecule has 2 nitrogen and oxygen atoms in total. The van der Waals surface area contributed by atoms with Crippen LogP contribution in [0.3, 0.4) is 0 Å². The van der Waals surface area contributed by atoms with Crippen molar-refractivity contribution in [3.63, 3.8) is 0 Å². The van der Waals surface area contributed by atoms with E-state index in [9.17, 15) is 0 Å². The molecule has 1 aromatic rings. The van der Waals surface area contributed by atoms with Crippen molar-refractivity contribution in [3.05, 3.63) is 29.3 Å². The Hall–Kier alpha value is -1.02. The minimum Gasteiger partial charge on any atom is -0.491 e. The fourth-order valence-corrected chi connectivity index (χ4v) is 1.84. The van der Waals surface area contributed by atoms with Gasteiger partial charge in [0.25, 0.3) is 0 Å². The Balaban J connectivity index is 2.67. The van der Waals surface area contributed by atoms with Gasteiger partial charge in [0.2, 0.25) is 0 Å². The molecule has 0 spiro atoms. The minimum absolute atomic E-state index is 0.223. The SMILES string of the molecule is Cc1cc(CCC(C)(C)CN)ccc1OC(C)C. The molecule has 0 aliphatic carbocycles. The van der Waals surface area contributed by atoms with Gasteiger partial charge in [-0.15, -0.1) is 0 Å². The predicted octanol–water partition coefficient (Wildman–Crippen LogP) is 3.70. The fourth-order valence-electron chi connectivity index (χ4n) is 1.84. The van der Waals surface area contributed by atoms with Gasteiger partial charge in [0.05, 0.1) is 6.10 Å². The maximum atomic E-state index is 5.76. The molecule has 0 aliphatic rings. The van der Waals surface area contributed by atoms with E-state index < -0.39 is 0 Å². The first kappa shape index (κ1) is 15.0. The zero-order valence-electron chi connectivity index (χ0n) is 12.4. The van der Waals surface area contributed by atoms with Crippen molar-refractivity contribution in [2.45, 2.75) is 53.6 Å². The summed E-state index contributed by atoms with van der Waals surface area (Å²) >= 11 is 0. The highest BCUT2D eigenvalue weighted by molar-refractivity contribution is 5.36. The molecule has 1 rings (SSSR count). The molecular weight excluding hydrogens is 222 g/mol. The molecule has 0 heterocycles. The van der Waals surface area contributed by atoms with Crippen LogP contribution in [0, 0.1) is 12.3 Å². The minimum atomic E-state index is 0.223. The van der Waals surface area contributed by atoms with E-state index in [1.807, 2.05) is 0 Å². The Labute approximate surface area is 112 Å². The van der Waals surface area contributed by atoms with Gasteiger partial charge in [-0.1, -0.05) is 26.0 Å². The Kier molecular flexibility index (Phi) is 5.21. The van der Waals surface area contributed by atoms with Crippen molar-refractivity contribution < 1.29 is 4.74 Å². The lowest BCUT2D eigenvalue weighted by atomic mass is 9.86. The van der Waals surface area contributed by atoms with Crippen molar-refractivity contribution in [3.8, 4) is 5.75 Å². The Bertz CT molecular complexity index is 383. The van der Waals surface area contributed by atoms with Gasteiger partial charge in [0, 0.05) is 0 Å². The molecule has 1 aromatic carbocycles. The van der Waals surface area contributed by atoms with E-state index >= 15 is 0 Å². The van der Waals surface area contributed by atoms with E-state index in [2.05, 4.69) is 52.8 Å². The summed E-state index contributed by atoms with van der Waals surface area (Å²) in [6.07, 6.45) is 2.42. The topological polar surface area (TPSA) is 35.2 Å². The van der Waals surface area contributed by atoms with Crippen molar-refractivity contribution in [1.29, 1.82) is 0 Å². The number of ether oxygens (including phenoxy) is 1. The van der Waals surface area contributed by atoms with Gasteiger partial charge >= 0.3 is 0 Å². The lowest BCUT2D eigenvalue weighted by Crippen LogP contribution is -2.24. The zero-order valence-corrected chi connectivity index (χ0v) is 12.4. The van der Waals surface area contributed by atoms with E-state index in [1.165, 1.54) is 11.1 Å². The van der Waals surface area contributed by atoms with E-state index in [4.69, 9.17) is 10.5 Å². The van der Waals surface area contributed by atoms with E-state index in [0.717, 1.165) is 25.1 Å². The van der Waals surface area contributed by atoms with Crippen LogP contribution in [0.1, 0.15) is 45.2 Å². The maximum absolute atomic E-state index is 5.76. The molecule has 2 N–H and O–H groups in total. The summed E-state index contributed by atoms with van der Waals surface area (Å²) in [4.78, 5) is 0. The summed E-state index contributed by atoms with van der Waals surface area (Å²) in [7, 11) is 0. The Morgan fingerprint density at radius 2 is 1.94 bits per heavy atom. The van der Waals surface area contributed by atoms with Crippen LogP contribution in [0.5, 0.6) is 5.75 Å². The number of hydrogen-bond donors (Lipinski definition) is 1. The quantitative estimate of drug-likeness (QED) is 0.834. The largest absolute Gasteiger partial charge is 0.491 e. The zero-order chi connectivity index (χ0) is 13.8. The molecule has 18 heavy (non-hydrogen) atoms. The third-order valence-corrected chi connectivity index (χ3v) is 3.25. The summed E-state index contributed by atoms with van der Waals surface area (Å²) in [6.45, 7) is 11.4. The molecular formula is C16H27NO. The third kappa shape index (κ3) is 4.69. The monoisotopic (exact) mass is 249 g/mol. The number of benzene rings is 1. The number of rotatable bonds is 6. The molecule has 0 saturated carbocycles. The molecule has 0 amide bonds. The van der Waals surface area contributed by atoms with Crippen LogP contribution in [0.4, 0.5) is 0 Å². The van der Waals surface area contributed by atoms with Crippen molar-refractivity contribution >= 4 is 0 Å². The molecule has 0 fully saturated rings. The van der Waals surface area contributed by atoms with Gasteiger partial charge in [-0.3, -0.25) is 0 Å². The van der Waals surface area contributed by atoms with Crippen LogP contribution in [0.2, 0.25) is 0 Å². The van der Waals surface area contributed by atoms with Crippen LogP contribution in [-0.4, -0.2) is 12.6 Å². The summed E-state index contributed by atoms with van der Waals surface area (Å²) < 4.78 is 5.75. The van der Waals surface area contributed by atoms with Crippen LogP contribution < -0.4 is 10.5 Å². The highest BCUT2D eigenvalue weighted by atomic mass is 16.5. The lowest BCUT2D eigenvalue weighted by molar-refractivity contribution is 0.240.